The topological polar surface area (TPSA) is 67.4 Å². The lowest BCUT2D eigenvalue weighted by Gasteiger charge is -2.17. The molecule has 0 aromatic heterocycles. The number of carbonyl (C=O) groups excluding carboxylic acids is 2. The van der Waals surface area contributed by atoms with Gasteiger partial charge in [-0.25, -0.2) is 0 Å². The zero-order valence-electron chi connectivity index (χ0n) is 15.7. The number of nitrogens with one attached hydrogen (secondary N) is 2. The Labute approximate surface area is 164 Å². The third-order valence-corrected chi connectivity index (χ3v) is 4.84. The number of ether oxygens (including phenoxy) is 1. The fourth-order valence-electron chi connectivity index (χ4n) is 2.35. The number of hydrogen-bond acceptors (Lipinski definition) is 4. The highest BCUT2D eigenvalue weighted by atomic mass is 32.2. The van der Waals surface area contributed by atoms with Gasteiger partial charge in [0.25, 0.3) is 0 Å². The molecule has 5 nitrogen and oxygen atoms in total. The average Bonchev–Trinajstić information content (AvgIpc) is 2.69. The second-order valence-electron chi connectivity index (χ2n) is 6.10. The highest BCUT2D eigenvalue weighted by Gasteiger charge is 2.19. The summed E-state index contributed by atoms with van der Waals surface area (Å²) in [5.74, 6) is 0.904. The Bertz CT molecular complexity index is 720. The van der Waals surface area contributed by atoms with Crippen molar-refractivity contribution in [2.45, 2.75) is 37.8 Å². The summed E-state index contributed by atoms with van der Waals surface area (Å²) in [5, 5.41) is 5.54. The van der Waals surface area contributed by atoms with E-state index in [0.717, 1.165) is 22.6 Å². The van der Waals surface area contributed by atoms with Crippen LogP contribution in [-0.2, 0) is 16.2 Å². The van der Waals surface area contributed by atoms with Crippen LogP contribution in [0.5, 0.6) is 5.75 Å². The molecule has 6 heteroatoms. The lowest BCUT2D eigenvalue weighted by Crippen LogP contribution is -2.47. The second kappa shape index (κ2) is 11.3. The summed E-state index contributed by atoms with van der Waals surface area (Å²) in [4.78, 5) is 24.5. The van der Waals surface area contributed by atoms with E-state index < -0.39 is 6.04 Å². The van der Waals surface area contributed by atoms with Crippen LogP contribution in [0.15, 0.2) is 59.5 Å². The summed E-state index contributed by atoms with van der Waals surface area (Å²) >= 11 is 1.52. The van der Waals surface area contributed by atoms with Crippen molar-refractivity contribution in [2.24, 2.45) is 0 Å². The van der Waals surface area contributed by atoms with E-state index in [0.29, 0.717) is 18.9 Å². The molecule has 2 aromatic rings. The fourth-order valence-corrected chi connectivity index (χ4v) is 3.27. The molecule has 1 atom stereocenters. The minimum atomic E-state index is -0.548. The van der Waals surface area contributed by atoms with Gasteiger partial charge in [-0.05, 0) is 36.2 Å². The van der Waals surface area contributed by atoms with Gasteiger partial charge in [0.15, 0.2) is 0 Å². The summed E-state index contributed by atoms with van der Waals surface area (Å²) in [5.41, 5.74) is 1.12. The van der Waals surface area contributed by atoms with Gasteiger partial charge in [0, 0.05) is 24.1 Å². The SMILES string of the molecule is CCCNC(=O)C(CSc1ccc(OCc2ccccc2)cc1)NC(C)=O. The van der Waals surface area contributed by atoms with Gasteiger partial charge in [0.1, 0.15) is 18.4 Å². The molecule has 0 spiro atoms. The predicted molar refractivity (Wildman–Crippen MR) is 109 cm³/mol. The Balaban J connectivity index is 1.86. The Morgan fingerprint density at radius 2 is 1.78 bits per heavy atom. The summed E-state index contributed by atoms with van der Waals surface area (Å²) in [6.07, 6.45) is 0.857. The van der Waals surface area contributed by atoms with E-state index in [1.165, 1.54) is 18.7 Å². The molecule has 27 heavy (non-hydrogen) atoms. The first-order valence-electron chi connectivity index (χ1n) is 9.03. The average molecular weight is 387 g/mol. The lowest BCUT2D eigenvalue weighted by atomic mass is 10.2. The lowest BCUT2D eigenvalue weighted by molar-refractivity contribution is -0.127. The zero-order chi connectivity index (χ0) is 19.5. The quantitative estimate of drug-likeness (QED) is 0.614. The maximum absolute atomic E-state index is 12.2. The van der Waals surface area contributed by atoms with Crippen LogP contribution < -0.4 is 15.4 Å². The number of thioether (sulfide) groups is 1. The second-order valence-corrected chi connectivity index (χ2v) is 7.19. The van der Waals surface area contributed by atoms with Crippen LogP contribution in [-0.4, -0.2) is 30.2 Å². The molecule has 0 saturated carbocycles. The van der Waals surface area contributed by atoms with Crippen LogP contribution in [0, 0.1) is 0 Å². The number of amides is 2. The highest BCUT2D eigenvalue weighted by Crippen LogP contribution is 2.22. The third kappa shape index (κ3) is 7.74. The summed E-state index contributed by atoms with van der Waals surface area (Å²) in [6, 6.07) is 17.2. The standard InChI is InChI=1S/C21H26N2O3S/c1-3-13-22-21(25)20(23-16(2)24)15-27-19-11-9-18(10-12-19)26-14-17-7-5-4-6-8-17/h4-12,20H,3,13-15H2,1-2H3,(H,22,25)(H,23,24). The van der Waals surface area contributed by atoms with E-state index in [1.54, 1.807) is 0 Å². The molecular formula is C21H26N2O3S. The van der Waals surface area contributed by atoms with Gasteiger partial charge in [-0.1, -0.05) is 37.3 Å². The zero-order valence-corrected chi connectivity index (χ0v) is 16.6. The maximum atomic E-state index is 12.2. The van der Waals surface area contributed by atoms with E-state index in [-0.39, 0.29) is 11.8 Å². The molecule has 2 amide bonds. The number of hydrogen-bond donors (Lipinski definition) is 2. The molecule has 0 fully saturated rings. The minimum Gasteiger partial charge on any atom is -0.489 e. The van der Waals surface area contributed by atoms with Crippen molar-refractivity contribution in [3.8, 4) is 5.75 Å². The molecule has 1 unspecified atom stereocenters. The van der Waals surface area contributed by atoms with Gasteiger partial charge in [0.05, 0.1) is 0 Å². The summed E-state index contributed by atoms with van der Waals surface area (Å²) in [7, 11) is 0. The van der Waals surface area contributed by atoms with Gasteiger partial charge in [0.2, 0.25) is 11.8 Å². The molecule has 0 aliphatic carbocycles. The Morgan fingerprint density at radius 3 is 2.41 bits per heavy atom. The van der Waals surface area contributed by atoms with Crippen molar-refractivity contribution >= 4 is 23.6 Å². The van der Waals surface area contributed by atoms with Crippen LogP contribution in [0.4, 0.5) is 0 Å². The Kier molecular flexibility index (Phi) is 8.71. The van der Waals surface area contributed by atoms with E-state index in [9.17, 15) is 9.59 Å². The molecule has 0 bridgehead atoms. The molecule has 0 aliphatic rings. The molecule has 0 saturated heterocycles. The van der Waals surface area contributed by atoms with Crippen LogP contribution in [0.25, 0.3) is 0 Å². The number of carbonyl (C=O) groups is 2. The van der Waals surface area contributed by atoms with Crippen LogP contribution in [0.3, 0.4) is 0 Å². The van der Waals surface area contributed by atoms with Crippen molar-refractivity contribution in [1.82, 2.24) is 10.6 Å². The van der Waals surface area contributed by atoms with E-state index >= 15 is 0 Å². The van der Waals surface area contributed by atoms with Gasteiger partial charge < -0.3 is 15.4 Å². The van der Waals surface area contributed by atoms with Gasteiger partial charge in [-0.2, -0.15) is 0 Å². The molecule has 0 radical (unpaired) electrons. The molecule has 2 rings (SSSR count). The normalized spacial score (nSPS) is 11.5. The van der Waals surface area contributed by atoms with Crippen molar-refractivity contribution in [1.29, 1.82) is 0 Å². The van der Waals surface area contributed by atoms with Crippen molar-refractivity contribution in [3.05, 3.63) is 60.2 Å². The molecule has 2 aromatic carbocycles. The van der Waals surface area contributed by atoms with Crippen molar-refractivity contribution < 1.29 is 14.3 Å². The molecular weight excluding hydrogens is 360 g/mol. The van der Waals surface area contributed by atoms with Gasteiger partial charge >= 0.3 is 0 Å². The van der Waals surface area contributed by atoms with Crippen LogP contribution in [0.1, 0.15) is 25.8 Å². The molecule has 0 aliphatic heterocycles. The third-order valence-electron chi connectivity index (χ3n) is 3.73. The van der Waals surface area contributed by atoms with Crippen molar-refractivity contribution in [2.75, 3.05) is 12.3 Å². The number of benzene rings is 2. The first-order valence-corrected chi connectivity index (χ1v) is 10.0. The molecule has 144 valence electrons. The predicted octanol–water partition coefficient (Wildman–Crippen LogP) is 3.39. The first-order chi connectivity index (χ1) is 13.1. The highest BCUT2D eigenvalue weighted by molar-refractivity contribution is 7.99. The van der Waals surface area contributed by atoms with Crippen LogP contribution >= 0.6 is 11.8 Å². The first kappa shape index (κ1) is 20.8. The Morgan fingerprint density at radius 1 is 1.07 bits per heavy atom. The Hall–Kier alpha value is -2.47. The molecule has 0 heterocycles. The van der Waals surface area contributed by atoms with Gasteiger partial charge in [-0.3, -0.25) is 9.59 Å². The molecule has 2 N–H and O–H groups in total. The van der Waals surface area contributed by atoms with E-state index in [1.807, 2.05) is 61.5 Å². The smallest absolute Gasteiger partial charge is 0.243 e. The van der Waals surface area contributed by atoms with E-state index in [4.69, 9.17) is 4.74 Å². The van der Waals surface area contributed by atoms with E-state index in [2.05, 4.69) is 10.6 Å². The monoisotopic (exact) mass is 386 g/mol. The minimum absolute atomic E-state index is 0.151. The largest absolute Gasteiger partial charge is 0.489 e. The van der Waals surface area contributed by atoms with Gasteiger partial charge in [-0.15, -0.1) is 11.8 Å². The van der Waals surface area contributed by atoms with Crippen molar-refractivity contribution in [3.63, 3.8) is 0 Å². The number of rotatable bonds is 10. The summed E-state index contributed by atoms with van der Waals surface area (Å²) in [6.45, 7) is 4.54. The van der Waals surface area contributed by atoms with Crippen LogP contribution in [0.2, 0.25) is 0 Å². The maximum Gasteiger partial charge on any atom is 0.243 e. The summed E-state index contributed by atoms with van der Waals surface area (Å²) < 4.78 is 5.78. The fraction of sp³-hybridized carbons (Fsp3) is 0.333.